The Kier molecular flexibility index (Phi) is 2.49. The van der Waals surface area contributed by atoms with Crippen LogP contribution in [0.3, 0.4) is 0 Å². The summed E-state index contributed by atoms with van der Waals surface area (Å²) in [6.07, 6.45) is 3.13. The summed E-state index contributed by atoms with van der Waals surface area (Å²) < 4.78 is 0. The summed E-state index contributed by atoms with van der Waals surface area (Å²) in [7, 11) is 1.92. The van der Waals surface area contributed by atoms with Gasteiger partial charge in [-0.2, -0.15) is 0 Å². The second-order valence-corrected chi connectivity index (χ2v) is 2.51. The van der Waals surface area contributed by atoms with Crippen molar-refractivity contribution in [2.45, 2.75) is 25.9 Å². The van der Waals surface area contributed by atoms with E-state index in [1.165, 1.54) is 19.4 Å². The third kappa shape index (κ3) is 1.43. The zero-order valence-corrected chi connectivity index (χ0v) is 6.30. The standard InChI is InChI=1S/C7H15N2/c1-3-9-6-4-5-7(9)8-2/h7H,3-6H2,1-2H3. The van der Waals surface area contributed by atoms with Crippen LogP contribution < -0.4 is 5.32 Å². The molecule has 9 heavy (non-hydrogen) atoms. The zero-order valence-electron chi connectivity index (χ0n) is 6.30. The maximum Gasteiger partial charge on any atom is 0.0757 e. The molecule has 2 heteroatoms. The topological polar surface area (TPSA) is 17.3 Å². The van der Waals surface area contributed by atoms with Crippen molar-refractivity contribution in [3.05, 3.63) is 0 Å². The van der Waals surface area contributed by atoms with Gasteiger partial charge in [0.1, 0.15) is 0 Å². The molecule has 1 unspecified atom stereocenters. The lowest BCUT2D eigenvalue weighted by Gasteiger charge is -2.19. The van der Waals surface area contributed by atoms with Gasteiger partial charge < -0.3 is 0 Å². The Morgan fingerprint density at radius 2 is 2.44 bits per heavy atom. The Morgan fingerprint density at radius 1 is 1.67 bits per heavy atom. The molecule has 2 nitrogen and oxygen atoms in total. The molecule has 53 valence electrons. The molecule has 0 saturated carbocycles. The molecule has 1 radical (unpaired) electrons. The average Bonchev–Trinajstić information content (AvgIpc) is 2.33. The first kappa shape index (κ1) is 7.03. The fourth-order valence-electron chi connectivity index (χ4n) is 1.47. The van der Waals surface area contributed by atoms with Gasteiger partial charge in [0.15, 0.2) is 0 Å². The fraction of sp³-hybridized carbons (Fsp3) is 1.00. The van der Waals surface area contributed by atoms with E-state index in [1.807, 2.05) is 7.05 Å². The second-order valence-electron chi connectivity index (χ2n) is 2.51. The second kappa shape index (κ2) is 3.18. The van der Waals surface area contributed by atoms with Gasteiger partial charge in [-0.1, -0.05) is 6.92 Å². The lowest BCUT2D eigenvalue weighted by atomic mass is 10.3. The van der Waals surface area contributed by atoms with E-state index in [2.05, 4.69) is 17.1 Å². The molecule has 1 atom stereocenters. The predicted molar refractivity (Wildman–Crippen MR) is 38.3 cm³/mol. The van der Waals surface area contributed by atoms with Crippen LogP contribution in [-0.4, -0.2) is 31.2 Å². The van der Waals surface area contributed by atoms with Crippen LogP contribution in [0.25, 0.3) is 0 Å². The van der Waals surface area contributed by atoms with E-state index in [4.69, 9.17) is 0 Å². The lowest BCUT2D eigenvalue weighted by Crippen LogP contribution is -2.34. The van der Waals surface area contributed by atoms with Gasteiger partial charge in [0, 0.05) is 7.05 Å². The predicted octanol–water partition coefficient (Wildman–Crippen LogP) is 0.662. The van der Waals surface area contributed by atoms with Gasteiger partial charge in [-0.05, 0) is 25.9 Å². The van der Waals surface area contributed by atoms with Gasteiger partial charge in [0.05, 0.1) is 6.17 Å². The van der Waals surface area contributed by atoms with E-state index in [9.17, 15) is 0 Å². The molecule has 1 rings (SSSR count). The number of hydrogen-bond acceptors (Lipinski definition) is 1. The van der Waals surface area contributed by atoms with Gasteiger partial charge in [0.25, 0.3) is 0 Å². The monoisotopic (exact) mass is 127 g/mol. The quantitative estimate of drug-likeness (QED) is 0.532. The first-order chi connectivity index (χ1) is 4.38. The molecule has 1 aliphatic rings. The number of likely N-dealkylation sites (tertiary alicyclic amines) is 1. The molecule has 0 aromatic heterocycles. The summed E-state index contributed by atoms with van der Waals surface area (Å²) in [4.78, 5) is 2.42. The minimum atomic E-state index is 0.537. The molecule has 0 aromatic carbocycles. The van der Waals surface area contributed by atoms with Gasteiger partial charge in [-0.3, -0.25) is 4.90 Å². The van der Waals surface area contributed by atoms with E-state index < -0.39 is 0 Å². The molecule has 1 saturated heterocycles. The van der Waals surface area contributed by atoms with E-state index in [0.717, 1.165) is 6.54 Å². The van der Waals surface area contributed by atoms with Crippen LogP contribution in [0.15, 0.2) is 0 Å². The summed E-state index contributed by atoms with van der Waals surface area (Å²) in [6.45, 7) is 4.60. The van der Waals surface area contributed by atoms with Crippen LogP contribution in [0.5, 0.6) is 0 Å². The van der Waals surface area contributed by atoms with Crippen molar-refractivity contribution >= 4 is 0 Å². The molecule has 1 aliphatic heterocycles. The zero-order chi connectivity index (χ0) is 6.69. The van der Waals surface area contributed by atoms with Crippen LogP contribution in [0, 0.1) is 0 Å². The smallest absolute Gasteiger partial charge is 0.0757 e. The number of nitrogens with zero attached hydrogens (tertiary/aromatic N) is 2. The average molecular weight is 127 g/mol. The van der Waals surface area contributed by atoms with Crippen molar-refractivity contribution < 1.29 is 0 Å². The van der Waals surface area contributed by atoms with E-state index in [0.29, 0.717) is 6.17 Å². The van der Waals surface area contributed by atoms with Crippen LogP contribution >= 0.6 is 0 Å². The molecule has 0 spiro atoms. The minimum Gasteiger partial charge on any atom is -0.287 e. The maximum absolute atomic E-state index is 4.27. The summed E-state index contributed by atoms with van der Waals surface area (Å²) >= 11 is 0. The van der Waals surface area contributed by atoms with Gasteiger partial charge in [-0.15, -0.1) is 0 Å². The van der Waals surface area contributed by atoms with Gasteiger partial charge in [-0.25, -0.2) is 5.32 Å². The normalized spacial score (nSPS) is 29.3. The SMILES string of the molecule is CCN1CCCC1[N]C. The lowest BCUT2D eigenvalue weighted by molar-refractivity contribution is 0.236. The van der Waals surface area contributed by atoms with Crippen LogP contribution in [0.4, 0.5) is 0 Å². The number of hydrogen-bond donors (Lipinski definition) is 0. The van der Waals surface area contributed by atoms with Gasteiger partial charge in [0.2, 0.25) is 0 Å². The first-order valence-corrected chi connectivity index (χ1v) is 3.71. The van der Waals surface area contributed by atoms with Crippen LogP contribution in [0.1, 0.15) is 19.8 Å². The summed E-state index contributed by atoms with van der Waals surface area (Å²) in [6, 6.07) is 0. The highest BCUT2D eigenvalue weighted by atomic mass is 15.3. The highest BCUT2D eigenvalue weighted by Crippen LogP contribution is 2.13. The Balaban J connectivity index is 2.32. The molecular weight excluding hydrogens is 112 g/mol. The molecule has 0 N–H and O–H groups in total. The van der Waals surface area contributed by atoms with Crippen molar-refractivity contribution in [3.8, 4) is 0 Å². The highest BCUT2D eigenvalue weighted by Gasteiger charge is 2.20. The molecule has 0 aliphatic carbocycles. The third-order valence-electron chi connectivity index (χ3n) is 2.03. The third-order valence-corrected chi connectivity index (χ3v) is 2.03. The van der Waals surface area contributed by atoms with Crippen LogP contribution in [-0.2, 0) is 0 Å². The Hall–Kier alpha value is -0.0800. The minimum absolute atomic E-state index is 0.537. The summed E-state index contributed by atoms with van der Waals surface area (Å²) in [5.74, 6) is 0. The Bertz CT molecular complexity index is 73.0. The first-order valence-electron chi connectivity index (χ1n) is 3.71. The van der Waals surface area contributed by atoms with Crippen molar-refractivity contribution in [1.29, 1.82) is 0 Å². The highest BCUT2D eigenvalue weighted by molar-refractivity contribution is 4.73. The van der Waals surface area contributed by atoms with E-state index in [-0.39, 0.29) is 0 Å². The van der Waals surface area contributed by atoms with E-state index >= 15 is 0 Å². The number of rotatable bonds is 2. The molecule has 0 bridgehead atoms. The largest absolute Gasteiger partial charge is 0.287 e. The molecule has 0 aromatic rings. The molecule has 1 heterocycles. The summed E-state index contributed by atoms with van der Waals surface area (Å²) in [5.41, 5.74) is 0. The van der Waals surface area contributed by atoms with Crippen LogP contribution in [0.2, 0.25) is 0 Å². The molecular formula is C7H15N2. The van der Waals surface area contributed by atoms with Crippen molar-refractivity contribution in [2.75, 3.05) is 20.1 Å². The fourth-order valence-corrected chi connectivity index (χ4v) is 1.47. The molecule has 0 amide bonds. The maximum atomic E-state index is 4.27. The van der Waals surface area contributed by atoms with Crippen molar-refractivity contribution in [3.63, 3.8) is 0 Å². The van der Waals surface area contributed by atoms with Crippen molar-refractivity contribution in [2.24, 2.45) is 0 Å². The van der Waals surface area contributed by atoms with E-state index in [1.54, 1.807) is 0 Å². The Labute approximate surface area is 57.2 Å². The summed E-state index contributed by atoms with van der Waals surface area (Å²) in [5, 5.41) is 4.27. The molecule has 1 fully saturated rings. The van der Waals surface area contributed by atoms with Gasteiger partial charge >= 0.3 is 0 Å². The Morgan fingerprint density at radius 3 is 2.89 bits per heavy atom. The van der Waals surface area contributed by atoms with Crippen molar-refractivity contribution in [1.82, 2.24) is 10.2 Å².